The molecule has 6 heterocycles. The molecule has 0 radical (unpaired) electrons. The van der Waals surface area contributed by atoms with Crippen LogP contribution in [0, 0.1) is 59.2 Å². The van der Waals surface area contributed by atoms with E-state index >= 15 is 0 Å². The number of hydrogen-bond donors (Lipinski definition) is 0. The average Bonchev–Trinajstić information content (AvgIpc) is 1.58. The molecule has 6 aromatic rings. The van der Waals surface area contributed by atoms with E-state index in [-0.39, 0.29) is 153 Å². The molecule has 5 aliphatic carbocycles. The maximum Gasteiger partial charge on any atom is 0.261 e. The van der Waals surface area contributed by atoms with E-state index in [1.54, 1.807) is 0 Å². The first kappa shape index (κ1) is 80.8. The number of amides is 4. The number of carbonyl (C=O) groups excluding carboxylic acids is 4. The number of carbonyl (C=O) groups is 4. The van der Waals surface area contributed by atoms with E-state index in [2.05, 4.69) is 55.4 Å². The average molecular weight is 1430 g/mol. The predicted molar refractivity (Wildman–Crippen MR) is 419 cm³/mol. The Labute approximate surface area is 614 Å². The Balaban J connectivity index is 0.000000351. The fraction of sp³-hybridized carbons (Fsp3) is 0.674. The van der Waals surface area contributed by atoms with Crippen LogP contribution in [-0.2, 0) is 45.4 Å². The van der Waals surface area contributed by atoms with Crippen LogP contribution in [0.25, 0.3) is 43.1 Å². The van der Waals surface area contributed by atoms with Crippen molar-refractivity contribution in [1.29, 1.82) is 0 Å². The van der Waals surface area contributed by atoms with Crippen LogP contribution >= 0.6 is 0 Å². The van der Waals surface area contributed by atoms with Crippen molar-refractivity contribution in [3.8, 4) is 0 Å². The highest BCUT2D eigenvalue weighted by Gasteiger charge is 2.56. The van der Waals surface area contributed by atoms with Gasteiger partial charge in [-0.2, -0.15) is 0 Å². The van der Waals surface area contributed by atoms with Crippen LogP contribution in [0.5, 0.6) is 0 Å². The molecule has 5 fully saturated rings. The van der Waals surface area contributed by atoms with Gasteiger partial charge < -0.3 is 0 Å². The van der Waals surface area contributed by atoms with Crippen LogP contribution in [0.3, 0.4) is 0 Å². The van der Waals surface area contributed by atoms with E-state index in [0.29, 0.717) is 11.8 Å². The lowest BCUT2D eigenvalue weighted by Gasteiger charge is -2.33. The van der Waals surface area contributed by atoms with Gasteiger partial charge >= 0.3 is 0 Å². The quantitative estimate of drug-likeness (QED) is 0.0303. The highest BCUT2D eigenvalue weighted by atomic mass is 16.2. The number of unbranched alkanes of at least 4 members (excludes halogenated alkanes) is 18. The third-order valence-corrected chi connectivity index (χ3v) is 24.6. The van der Waals surface area contributed by atoms with Gasteiger partial charge in [-0.15, -0.1) is 0 Å². The summed E-state index contributed by atoms with van der Waals surface area (Å²) in [4.78, 5) is 163. The topological polar surface area (TPSA) is 231 Å². The molecule has 4 amide bonds. The molecule has 2 aliphatic heterocycles. The minimum Gasteiger partial charge on any atom is -0.275 e. The normalized spacial score (nSPS) is 23.3. The van der Waals surface area contributed by atoms with Crippen LogP contribution in [-0.4, -0.2) is 64.8 Å². The standard InChI is InChI=1S/C56H54N6O12.C9H20.3C7H16/c63-45-9-10-46(64)57(45)22-28-5-1-3-7-30(28)24-60-51(69)39-17-37-38(18-40(39)52(60)70)50(68)59(49(37)67)21-27-13-34-32-15-33(35(16-32)36(34)14-27)26-62-55(73)43-19-41-42(20-44(43)56(62)74)54(72)61(53(41)71)25-31-8-4-2-6-29(31)23-58-47(65)11-12-48(58)66;1-3-5-7-9-8-6-4-2;3*1-3-5-7-6-4-2/h9-12,17-20,27-36H,1-8,13-16,21-26H2;3-9H2,1-2H3;3*3-7H2,1-2H3. The van der Waals surface area contributed by atoms with Crippen LogP contribution in [0.15, 0.2) is 86.9 Å². The number of nitrogens with zero attached hydrogens (tertiary/aromatic N) is 6. The minimum atomic E-state index is -0.533. The molecule has 5 saturated carbocycles. The van der Waals surface area contributed by atoms with Gasteiger partial charge in [0.25, 0.3) is 68.1 Å². The van der Waals surface area contributed by atoms with E-state index < -0.39 is 44.5 Å². The molecule has 7 aliphatic rings. The van der Waals surface area contributed by atoms with Crippen molar-refractivity contribution in [2.45, 2.75) is 300 Å². The Morgan fingerprint density at radius 1 is 0.260 bits per heavy atom. The zero-order chi connectivity index (χ0) is 74.7. The van der Waals surface area contributed by atoms with Crippen LogP contribution < -0.4 is 44.5 Å². The van der Waals surface area contributed by atoms with Crippen molar-refractivity contribution < 1.29 is 19.2 Å². The van der Waals surface area contributed by atoms with Crippen molar-refractivity contribution >= 4 is 66.7 Å². The monoisotopic (exact) mass is 1430 g/mol. The Hall–Kier alpha value is -7.24. The molecule has 18 nitrogen and oxygen atoms in total. The fourth-order valence-electron chi connectivity index (χ4n) is 18.7. The third kappa shape index (κ3) is 18.8. The lowest BCUT2D eigenvalue weighted by atomic mass is 9.75. The molecular weight excluding hydrogens is 1310 g/mol. The summed E-state index contributed by atoms with van der Waals surface area (Å²) < 4.78 is 4.87. The second kappa shape index (κ2) is 38.9. The molecule has 0 N–H and O–H groups in total. The smallest absolute Gasteiger partial charge is 0.261 e. The maximum atomic E-state index is 14.1. The number of imide groups is 2. The Morgan fingerprint density at radius 3 is 0.788 bits per heavy atom. The van der Waals surface area contributed by atoms with E-state index in [1.807, 2.05) is 0 Å². The van der Waals surface area contributed by atoms with E-state index in [9.17, 15) is 57.5 Å². The molecule has 4 aromatic heterocycles. The molecule has 104 heavy (non-hydrogen) atoms. The SMILES string of the molecule is CCCCCCC.CCCCCCC.CCCCCCC.CCCCCCCCC.O=C1C=CC(=O)N1CC1CCCCC1Cn1c(=O)c2cc3c(=O)n(CC4CC5C6CC(Cn7c(=O)c8cc9c(=O)n(CC%10CCCCC%10CN%10C(=O)C=CC%10=O)c(=O)c9cc8c7=O)C(C6)C5C4)c(=O)c3cc2c1=O. The van der Waals surface area contributed by atoms with Gasteiger partial charge in [0.2, 0.25) is 0 Å². The lowest BCUT2D eigenvalue weighted by molar-refractivity contribution is -0.139. The van der Waals surface area contributed by atoms with Crippen LogP contribution in [0.2, 0.25) is 0 Å². The van der Waals surface area contributed by atoms with Crippen molar-refractivity contribution in [2.24, 2.45) is 59.2 Å². The van der Waals surface area contributed by atoms with Crippen molar-refractivity contribution in [3.63, 3.8) is 0 Å². The number of hydrogen-bond acceptors (Lipinski definition) is 12. The Morgan fingerprint density at radius 2 is 0.500 bits per heavy atom. The summed E-state index contributed by atoms with van der Waals surface area (Å²) in [7, 11) is 0. The Kier molecular flexibility index (Phi) is 30.2. The van der Waals surface area contributed by atoms with Gasteiger partial charge in [0, 0.05) is 63.6 Å². The molecule has 2 bridgehead atoms. The van der Waals surface area contributed by atoms with Gasteiger partial charge in [-0.1, -0.05) is 222 Å². The molecule has 10 unspecified atom stereocenters. The predicted octanol–water partition coefficient (Wildman–Crippen LogP) is 15.3. The second-order valence-electron chi connectivity index (χ2n) is 31.9. The number of rotatable bonds is 30. The highest BCUT2D eigenvalue weighted by molar-refractivity contribution is 6.13. The minimum absolute atomic E-state index is 0.0170. The summed E-state index contributed by atoms with van der Waals surface area (Å²) >= 11 is 0. The lowest BCUT2D eigenvalue weighted by Crippen LogP contribution is -2.41. The van der Waals surface area contributed by atoms with Gasteiger partial charge in [0.05, 0.1) is 43.1 Å². The summed E-state index contributed by atoms with van der Waals surface area (Å²) in [6.07, 6.45) is 45.9. The summed E-state index contributed by atoms with van der Waals surface area (Å²) in [5, 5.41) is 0.727. The summed E-state index contributed by atoms with van der Waals surface area (Å²) in [6.45, 7) is 19.0. The number of fused-ring (bicyclic) bond motifs is 9. The molecule has 0 spiro atoms. The highest BCUT2D eigenvalue weighted by Crippen LogP contribution is 2.62. The summed E-state index contributed by atoms with van der Waals surface area (Å²) in [6, 6.07) is 5.57. The van der Waals surface area contributed by atoms with Gasteiger partial charge in [0.1, 0.15) is 0 Å². The van der Waals surface area contributed by atoms with Crippen molar-refractivity contribution in [3.05, 3.63) is 131 Å². The first-order valence-corrected chi connectivity index (χ1v) is 41.2. The molecule has 18 heteroatoms. The first-order chi connectivity index (χ1) is 50.3. The van der Waals surface area contributed by atoms with E-state index in [0.717, 1.165) is 77.0 Å². The second-order valence-corrected chi connectivity index (χ2v) is 31.9. The third-order valence-electron chi connectivity index (χ3n) is 24.6. The summed E-state index contributed by atoms with van der Waals surface area (Å²) in [5.74, 6) is -0.651. The fourth-order valence-corrected chi connectivity index (χ4v) is 18.7. The van der Waals surface area contributed by atoms with Gasteiger partial charge in [-0.3, -0.25) is 85.6 Å². The van der Waals surface area contributed by atoms with E-state index in [1.165, 1.54) is 218 Å². The molecule has 568 valence electrons. The molecule has 10 atom stereocenters. The molecule has 2 aromatic carbocycles. The van der Waals surface area contributed by atoms with Crippen LogP contribution in [0.1, 0.15) is 274 Å². The van der Waals surface area contributed by atoms with E-state index in [4.69, 9.17) is 0 Å². The zero-order valence-corrected chi connectivity index (χ0v) is 64.3. The van der Waals surface area contributed by atoms with Crippen LogP contribution in [0.4, 0.5) is 0 Å². The van der Waals surface area contributed by atoms with Gasteiger partial charge in [-0.25, -0.2) is 0 Å². The zero-order valence-electron chi connectivity index (χ0n) is 64.3. The van der Waals surface area contributed by atoms with Crippen molar-refractivity contribution in [2.75, 3.05) is 13.1 Å². The molecule has 13 rings (SSSR count). The van der Waals surface area contributed by atoms with Gasteiger partial charge in [-0.05, 0) is 135 Å². The number of benzene rings is 2. The maximum absolute atomic E-state index is 14.1. The van der Waals surface area contributed by atoms with Gasteiger partial charge in [0.15, 0.2) is 0 Å². The number of aromatic nitrogens is 4. The Bertz CT molecular complexity index is 4180. The first-order valence-electron chi connectivity index (χ1n) is 41.2. The van der Waals surface area contributed by atoms with Crippen molar-refractivity contribution in [1.82, 2.24) is 28.1 Å². The molecule has 0 saturated heterocycles. The molecular formula is C86H122N6O12. The summed E-state index contributed by atoms with van der Waals surface area (Å²) in [5.41, 5.74) is -4.12. The largest absolute Gasteiger partial charge is 0.275 e.